The lowest BCUT2D eigenvalue weighted by Gasteiger charge is -2.28. The number of hydrogen-bond acceptors (Lipinski definition) is 1. The first-order valence-electron chi connectivity index (χ1n) is 5.49. The van der Waals surface area contributed by atoms with E-state index in [1.807, 2.05) is 0 Å². The Labute approximate surface area is 93.4 Å². The van der Waals surface area contributed by atoms with Gasteiger partial charge in [0.2, 0.25) is 0 Å². The van der Waals surface area contributed by atoms with Gasteiger partial charge in [0.05, 0.1) is 0 Å². The first kappa shape index (κ1) is 11.8. The molecule has 1 rings (SSSR count). The number of aryl methyl sites for hydroxylation is 2. The highest BCUT2D eigenvalue weighted by Gasteiger charge is 2.11. The summed E-state index contributed by atoms with van der Waals surface area (Å²) in [6.45, 7) is 8.61. The molecule has 1 nitrogen and oxygen atoms in total. The first-order valence-corrected chi connectivity index (χ1v) is 5.49. The van der Waals surface area contributed by atoms with E-state index in [4.69, 9.17) is 0 Å². The maximum Gasteiger partial charge on any atom is 0.0441 e. The third kappa shape index (κ3) is 2.62. The van der Waals surface area contributed by atoms with Crippen molar-refractivity contribution in [3.63, 3.8) is 0 Å². The van der Waals surface area contributed by atoms with Gasteiger partial charge in [-0.1, -0.05) is 30.4 Å². The molecule has 1 aromatic rings. The van der Waals surface area contributed by atoms with Gasteiger partial charge in [-0.3, -0.25) is 0 Å². The van der Waals surface area contributed by atoms with Crippen LogP contribution in [0.15, 0.2) is 30.4 Å². The minimum Gasteiger partial charge on any atom is -0.368 e. The molecule has 0 saturated heterocycles. The second-order valence-corrected chi connectivity index (χ2v) is 4.12. The number of hydrogen-bond donors (Lipinski definition) is 0. The van der Waals surface area contributed by atoms with Crippen molar-refractivity contribution in [2.45, 2.75) is 33.7 Å². The van der Waals surface area contributed by atoms with Crippen molar-refractivity contribution in [1.29, 1.82) is 0 Å². The van der Waals surface area contributed by atoms with Crippen LogP contribution < -0.4 is 4.90 Å². The average Bonchev–Trinajstić information content (AvgIpc) is 2.17. The molecule has 82 valence electrons. The second kappa shape index (κ2) is 5.01. The van der Waals surface area contributed by atoms with Crippen molar-refractivity contribution in [2.24, 2.45) is 0 Å². The molecule has 1 atom stereocenters. The molecule has 1 aromatic carbocycles. The summed E-state index contributed by atoms with van der Waals surface area (Å²) in [7, 11) is 2.15. The Balaban J connectivity index is 3.05. The first-order chi connectivity index (χ1) is 7.07. The summed E-state index contributed by atoms with van der Waals surface area (Å²) in [6, 6.07) is 6.89. The van der Waals surface area contributed by atoms with E-state index in [1.165, 1.54) is 16.8 Å². The minimum absolute atomic E-state index is 0.440. The minimum atomic E-state index is 0.440. The van der Waals surface area contributed by atoms with Gasteiger partial charge < -0.3 is 4.90 Å². The molecule has 15 heavy (non-hydrogen) atoms. The molecule has 0 radical (unpaired) electrons. The number of nitrogens with zero attached hydrogens (tertiary/aromatic N) is 1. The fourth-order valence-electron chi connectivity index (χ4n) is 1.97. The van der Waals surface area contributed by atoms with Crippen LogP contribution in [0.3, 0.4) is 0 Å². The van der Waals surface area contributed by atoms with Crippen LogP contribution in [0.25, 0.3) is 0 Å². The van der Waals surface area contributed by atoms with Crippen molar-refractivity contribution < 1.29 is 0 Å². The number of allylic oxidation sites excluding steroid dienone is 1. The Morgan fingerprint density at radius 3 is 2.20 bits per heavy atom. The lowest BCUT2D eigenvalue weighted by molar-refractivity contribution is 0.815. The summed E-state index contributed by atoms with van der Waals surface area (Å²) < 4.78 is 0. The maximum absolute atomic E-state index is 2.32. The average molecular weight is 203 g/mol. The molecule has 0 bridgehead atoms. The summed E-state index contributed by atoms with van der Waals surface area (Å²) in [5, 5.41) is 0. The molecule has 0 aliphatic rings. The van der Waals surface area contributed by atoms with Crippen molar-refractivity contribution in [3.8, 4) is 0 Å². The molecule has 0 aliphatic heterocycles. The highest BCUT2D eigenvalue weighted by Crippen LogP contribution is 2.25. The number of benzene rings is 1. The SMILES string of the molecule is CC=CC(C)N(C)c1c(C)cccc1C. The van der Waals surface area contributed by atoms with Crippen LogP contribution in [0.4, 0.5) is 5.69 Å². The van der Waals surface area contributed by atoms with Gasteiger partial charge in [-0.05, 0) is 38.8 Å². The monoisotopic (exact) mass is 203 g/mol. The van der Waals surface area contributed by atoms with Crippen molar-refractivity contribution in [3.05, 3.63) is 41.5 Å². The summed E-state index contributed by atoms with van der Waals surface area (Å²) >= 11 is 0. The Hall–Kier alpha value is -1.24. The number of para-hydroxylation sites is 1. The van der Waals surface area contributed by atoms with Gasteiger partial charge >= 0.3 is 0 Å². The third-order valence-electron chi connectivity index (χ3n) is 2.87. The number of anilines is 1. The highest BCUT2D eigenvalue weighted by atomic mass is 15.1. The van der Waals surface area contributed by atoms with Crippen LogP contribution in [-0.2, 0) is 0 Å². The van der Waals surface area contributed by atoms with Crippen molar-refractivity contribution in [1.82, 2.24) is 0 Å². The fourth-order valence-corrected chi connectivity index (χ4v) is 1.97. The molecule has 0 N–H and O–H groups in total. The molecule has 0 saturated carbocycles. The quantitative estimate of drug-likeness (QED) is 0.677. The standard InChI is InChI=1S/C14H21N/c1-6-8-13(4)15(5)14-11(2)9-7-10-12(14)3/h6-10,13H,1-5H3. The van der Waals surface area contributed by atoms with Crippen LogP contribution in [0.5, 0.6) is 0 Å². The largest absolute Gasteiger partial charge is 0.368 e. The van der Waals surface area contributed by atoms with E-state index in [2.05, 4.69) is 70.0 Å². The van der Waals surface area contributed by atoms with Gasteiger partial charge in [0.15, 0.2) is 0 Å². The van der Waals surface area contributed by atoms with Gasteiger partial charge in [-0.15, -0.1) is 0 Å². The lowest BCUT2D eigenvalue weighted by Crippen LogP contribution is -2.28. The van der Waals surface area contributed by atoms with Gasteiger partial charge in [0.1, 0.15) is 0 Å². The molecule has 0 aliphatic carbocycles. The molecule has 0 aromatic heterocycles. The number of likely N-dealkylation sites (N-methyl/N-ethyl adjacent to an activating group) is 1. The predicted molar refractivity (Wildman–Crippen MR) is 68.6 cm³/mol. The summed E-state index contributed by atoms with van der Waals surface area (Å²) in [6.07, 6.45) is 4.32. The highest BCUT2D eigenvalue weighted by molar-refractivity contribution is 5.59. The molecule has 1 heteroatoms. The van der Waals surface area contributed by atoms with E-state index in [0.29, 0.717) is 6.04 Å². The van der Waals surface area contributed by atoms with Crippen LogP contribution in [0.2, 0.25) is 0 Å². The predicted octanol–water partition coefficient (Wildman–Crippen LogP) is 3.70. The Kier molecular flexibility index (Phi) is 3.96. The normalized spacial score (nSPS) is 13.1. The summed E-state index contributed by atoms with van der Waals surface area (Å²) in [5.41, 5.74) is 4.03. The van der Waals surface area contributed by atoms with E-state index in [9.17, 15) is 0 Å². The zero-order valence-electron chi connectivity index (χ0n) is 10.4. The smallest absolute Gasteiger partial charge is 0.0441 e. The van der Waals surface area contributed by atoms with Crippen LogP contribution in [-0.4, -0.2) is 13.1 Å². The Morgan fingerprint density at radius 1 is 1.20 bits per heavy atom. The summed E-state index contributed by atoms with van der Waals surface area (Å²) in [4.78, 5) is 2.32. The molecule has 0 heterocycles. The third-order valence-corrected chi connectivity index (χ3v) is 2.87. The van der Waals surface area contributed by atoms with E-state index in [1.54, 1.807) is 0 Å². The molecular formula is C14H21N. The van der Waals surface area contributed by atoms with Gasteiger partial charge in [0, 0.05) is 18.8 Å². The molecule has 0 fully saturated rings. The maximum atomic E-state index is 2.32. The van der Waals surface area contributed by atoms with Gasteiger partial charge in [-0.25, -0.2) is 0 Å². The second-order valence-electron chi connectivity index (χ2n) is 4.12. The van der Waals surface area contributed by atoms with Gasteiger partial charge in [0.25, 0.3) is 0 Å². The van der Waals surface area contributed by atoms with Crippen LogP contribution in [0.1, 0.15) is 25.0 Å². The zero-order valence-corrected chi connectivity index (χ0v) is 10.4. The van der Waals surface area contributed by atoms with Crippen molar-refractivity contribution >= 4 is 5.69 Å². The van der Waals surface area contributed by atoms with Crippen LogP contribution in [0, 0.1) is 13.8 Å². The van der Waals surface area contributed by atoms with E-state index in [0.717, 1.165) is 0 Å². The lowest BCUT2D eigenvalue weighted by atomic mass is 10.1. The van der Waals surface area contributed by atoms with E-state index < -0.39 is 0 Å². The Bertz CT molecular complexity index is 332. The fraction of sp³-hybridized carbons (Fsp3) is 0.429. The molecule has 0 amide bonds. The number of rotatable bonds is 3. The van der Waals surface area contributed by atoms with Gasteiger partial charge in [-0.2, -0.15) is 0 Å². The summed E-state index contributed by atoms with van der Waals surface area (Å²) in [5.74, 6) is 0. The van der Waals surface area contributed by atoms with Crippen LogP contribution >= 0.6 is 0 Å². The topological polar surface area (TPSA) is 3.24 Å². The Morgan fingerprint density at radius 2 is 1.73 bits per heavy atom. The van der Waals surface area contributed by atoms with Crippen molar-refractivity contribution in [2.75, 3.05) is 11.9 Å². The van der Waals surface area contributed by atoms with E-state index >= 15 is 0 Å². The molecule has 0 spiro atoms. The van der Waals surface area contributed by atoms with E-state index in [-0.39, 0.29) is 0 Å². The zero-order chi connectivity index (χ0) is 11.4. The molecule has 1 unspecified atom stereocenters. The molecular weight excluding hydrogens is 182 g/mol.